The van der Waals surface area contributed by atoms with Crippen LogP contribution in [0.1, 0.15) is 11.1 Å². The fourth-order valence-electron chi connectivity index (χ4n) is 2.21. The van der Waals surface area contributed by atoms with E-state index in [9.17, 15) is 4.79 Å². The summed E-state index contributed by atoms with van der Waals surface area (Å²) in [5.74, 6) is -0.248. The van der Waals surface area contributed by atoms with Crippen molar-refractivity contribution in [3.63, 3.8) is 0 Å². The number of thiocarbonyl (C=S) groups is 1. The van der Waals surface area contributed by atoms with Crippen molar-refractivity contribution in [1.82, 2.24) is 5.32 Å². The van der Waals surface area contributed by atoms with Gasteiger partial charge in [0.2, 0.25) is 0 Å². The summed E-state index contributed by atoms with van der Waals surface area (Å²) in [6.07, 6.45) is 1.69. The van der Waals surface area contributed by atoms with Gasteiger partial charge in [-0.15, -0.1) is 0 Å². The number of amides is 1. The van der Waals surface area contributed by atoms with Gasteiger partial charge in [0, 0.05) is 5.02 Å². The van der Waals surface area contributed by atoms with Gasteiger partial charge in [-0.1, -0.05) is 29.8 Å². The topological polar surface area (TPSA) is 56.1 Å². The van der Waals surface area contributed by atoms with Crippen molar-refractivity contribution in [2.45, 2.75) is 0 Å². The summed E-state index contributed by atoms with van der Waals surface area (Å²) < 4.78 is 0. The van der Waals surface area contributed by atoms with Gasteiger partial charge in [-0.3, -0.25) is 9.69 Å². The SMILES string of the molecule is N#Cc1ccc(/C=C2/NC(=S)N(c3cccc(Cl)c3)C2=O)cc1. The minimum atomic E-state index is -0.248. The molecule has 3 rings (SSSR count). The average Bonchev–Trinajstić information content (AvgIpc) is 2.82. The molecular formula is C17H10ClN3OS. The molecule has 0 aliphatic carbocycles. The van der Waals surface area contributed by atoms with Crippen molar-refractivity contribution in [1.29, 1.82) is 5.26 Å². The number of nitrogens with zero attached hydrogens (tertiary/aromatic N) is 2. The Morgan fingerprint density at radius 3 is 2.61 bits per heavy atom. The van der Waals surface area contributed by atoms with E-state index in [4.69, 9.17) is 29.1 Å². The van der Waals surface area contributed by atoms with Crippen LogP contribution in [0.25, 0.3) is 6.08 Å². The van der Waals surface area contributed by atoms with Crippen LogP contribution >= 0.6 is 23.8 Å². The Balaban J connectivity index is 1.91. The first-order valence-corrected chi connectivity index (χ1v) is 7.50. The molecule has 1 aliphatic rings. The molecule has 1 aliphatic heterocycles. The minimum absolute atomic E-state index is 0.248. The number of halogens is 1. The maximum atomic E-state index is 12.6. The zero-order chi connectivity index (χ0) is 16.4. The van der Waals surface area contributed by atoms with Crippen LogP contribution in [0.5, 0.6) is 0 Å². The number of rotatable bonds is 2. The predicted molar refractivity (Wildman–Crippen MR) is 93.8 cm³/mol. The monoisotopic (exact) mass is 339 g/mol. The summed E-state index contributed by atoms with van der Waals surface area (Å²) in [6, 6.07) is 15.9. The first kappa shape index (κ1) is 15.2. The second-order valence-electron chi connectivity index (χ2n) is 4.84. The molecule has 1 amide bonds. The lowest BCUT2D eigenvalue weighted by Crippen LogP contribution is -2.30. The average molecular weight is 340 g/mol. The molecule has 1 saturated heterocycles. The maximum Gasteiger partial charge on any atom is 0.281 e. The summed E-state index contributed by atoms with van der Waals surface area (Å²) in [7, 11) is 0. The fraction of sp³-hybridized carbons (Fsp3) is 0. The predicted octanol–water partition coefficient (Wildman–Crippen LogP) is 3.47. The van der Waals surface area contributed by atoms with Gasteiger partial charge in [-0.05, 0) is 54.2 Å². The smallest absolute Gasteiger partial charge is 0.281 e. The third-order valence-electron chi connectivity index (χ3n) is 3.30. The van der Waals surface area contributed by atoms with Crippen LogP contribution in [0.3, 0.4) is 0 Å². The Morgan fingerprint density at radius 1 is 1.22 bits per heavy atom. The molecule has 1 N–H and O–H groups in total. The van der Waals surface area contributed by atoms with Crippen LogP contribution in [0.4, 0.5) is 5.69 Å². The molecule has 0 radical (unpaired) electrons. The largest absolute Gasteiger partial charge is 0.327 e. The van der Waals surface area contributed by atoms with Crippen molar-refractivity contribution >= 4 is 46.6 Å². The highest BCUT2D eigenvalue weighted by molar-refractivity contribution is 7.80. The molecular weight excluding hydrogens is 330 g/mol. The number of anilines is 1. The maximum absolute atomic E-state index is 12.6. The third kappa shape index (κ3) is 3.09. The van der Waals surface area contributed by atoms with Gasteiger partial charge in [0.15, 0.2) is 5.11 Å². The van der Waals surface area contributed by atoms with Crippen molar-refractivity contribution in [2.75, 3.05) is 4.90 Å². The van der Waals surface area contributed by atoms with Crippen molar-refractivity contribution in [3.8, 4) is 6.07 Å². The van der Waals surface area contributed by atoms with Crippen LogP contribution in [-0.4, -0.2) is 11.0 Å². The molecule has 1 fully saturated rings. The van der Waals surface area contributed by atoms with E-state index in [-0.39, 0.29) is 5.91 Å². The van der Waals surface area contributed by atoms with E-state index in [0.717, 1.165) is 5.56 Å². The lowest BCUT2D eigenvalue weighted by atomic mass is 10.1. The highest BCUT2D eigenvalue weighted by atomic mass is 35.5. The van der Waals surface area contributed by atoms with Gasteiger partial charge in [0.05, 0.1) is 17.3 Å². The molecule has 0 atom stereocenters. The zero-order valence-corrected chi connectivity index (χ0v) is 13.4. The minimum Gasteiger partial charge on any atom is -0.327 e. The van der Waals surface area contributed by atoms with Gasteiger partial charge in [0.25, 0.3) is 5.91 Å². The number of carbonyl (C=O) groups excluding carboxylic acids is 1. The van der Waals surface area contributed by atoms with Crippen molar-refractivity contribution in [3.05, 3.63) is 70.4 Å². The molecule has 112 valence electrons. The van der Waals surface area contributed by atoms with E-state index in [1.807, 2.05) is 0 Å². The van der Waals surface area contributed by atoms with Crippen molar-refractivity contribution < 1.29 is 4.79 Å². The molecule has 0 spiro atoms. The van der Waals surface area contributed by atoms with Gasteiger partial charge < -0.3 is 5.32 Å². The van der Waals surface area contributed by atoms with E-state index in [1.165, 1.54) is 4.90 Å². The first-order valence-electron chi connectivity index (χ1n) is 6.71. The van der Waals surface area contributed by atoms with Crippen LogP contribution < -0.4 is 10.2 Å². The van der Waals surface area contributed by atoms with E-state index in [2.05, 4.69) is 11.4 Å². The molecule has 2 aromatic rings. The summed E-state index contributed by atoms with van der Waals surface area (Å²) >= 11 is 11.2. The van der Waals surface area contributed by atoms with E-state index in [1.54, 1.807) is 54.6 Å². The Kier molecular flexibility index (Phi) is 4.11. The molecule has 0 aromatic heterocycles. The first-order chi connectivity index (χ1) is 11.1. The van der Waals surface area contributed by atoms with Crippen molar-refractivity contribution in [2.24, 2.45) is 0 Å². The molecule has 6 heteroatoms. The Morgan fingerprint density at radius 2 is 1.96 bits per heavy atom. The molecule has 0 unspecified atom stereocenters. The molecule has 23 heavy (non-hydrogen) atoms. The lowest BCUT2D eigenvalue weighted by Gasteiger charge is -2.13. The van der Waals surface area contributed by atoms with Gasteiger partial charge >= 0.3 is 0 Å². The molecule has 0 bridgehead atoms. The van der Waals surface area contributed by atoms with E-state index < -0.39 is 0 Å². The van der Waals surface area contributed by atoms with Crippen LogP contribution in [0.15, 0.2) is 54.2 Å². The Hall–Kier alpha value is -2.68. The fourth-order valence-corrected chi connectivity index (χ4v) is 2.69. The summed E-state index contributed by atoms with van der Waals surface area (Å²) in [4.78, 5) is 14.0. The Bertz CT molecular complexity index is 868. The quantitative estimate of drug-likeness (QED) is 0.672. The van der Waals surface area contributed by atoms with Gasteiger partial charge in [-0.25, -0.2) is 0 Å². The van der Waals surface area contributed by atoms with Crippen LogP contribution in [-0.2, 0) is 4.79 Å². The number of hydrogen-bond acceptors (Lipinski definition) is 3. The van der Waals surface area contributed by atoms with Gasteiger partial charge in [0.1, 0.15) is 5.70 Å². The summed E-state index contributed by atoms with van der Waals surface area (Å²) in [5.41, 5.74) is 2.35. The highest BCUT2D eigenvalue weighted by Gasteiger charge is 2.31. The number of nitrogens with one attached hydrogen (secondary N) is 1. The summed E-state index contributed by atoms with van der Waals surface area (Å²) in [6.45, 7) is 0. The Labute approximate surface area is 143 Å². The standard InChI is InChI=1S/C17H10ClN3OS/c18-13-2-1-3-14(9-13)21-16(22)15(20-17(21)23)8-11-4-6-12(10-19)7-5-11/h1-9H,(H,20,23)/b15-8+. The number of carbonyl (C=O) groups is 1. The molecule has 4 nitrogen and oxygen atoms in total. The third-order valence-corrected chi connectivity index (χ3v) is 3.82. The van der Waals surface area contributed by atoms with E-state index >= 15 is 0 Å². The zero-order valence-electron chi connectivity index (χ0n) is 11.8. The number of benzene rings is 2. The number of hydrogen-bond donors (Lipinski definition) is 1. The lowest BCUT2D eigenvalue weighted by molar-refractivity contribution is -0.113. The molecule has 1 heterocycles. The highest BCUT2D eigenvalue weighted by Crippen LogP contribution is 2.25. The van der Waals surface area contributed by atoms with Crippen LogP contribution in [0, 0.1) is 11.3 Å². The summed E-state index contributed by atoms with van der Waals surface area (Å²) in [5, 5.41) is 12.5. The number of nitriles is 1. The van der Waals surface area contributed by atoms with Gasteiger partial charge in [-0.2, -0.15) is 5.26 Å². The van der Waals surface area contributed by atoms with E-state index in [0.29, 0.717) is 27.1 Å². The molecule has 2 aromatic carbocycles. The van der Waals surface area contributed by atoms with Crippen LogP contribution in [0.2, 0.25) is 5.02 Å². The molecule has 0 saturated carbocycles. The second kappa shape index (κ2) is 6.21. The normalized spacial score (nSPS) is 15.7. The second-order valence-corrected chi connectivity index (χ2v) is 5.67.